The van der Waals surface area contributed by atoms with Crippen LogP contribution in [-0.2, 0) is 0 Å². The normalized spacial score (nSPS) is 13.5. The molecule has 3 aromatic carbocycles. The first-order valence-corrected chi connectivity index (χ1v) is 11.6. The van der Waals surface area contributed by atoms with E-state index in [1.54, 1.807) is 0 Å². The average molecular weight is 421 g/mol. The number of nitrogens with zero attached hydrogens (tertiary/aromatic N) is 2. The van der Waals surface area contributed by atoms with Crippen LogP contribution in [0.15, 0.2) is 59.7 Å². The molecule has 2 aromatic heterocycles. The van der Waals surface area contributed by atoms with E-state index in [-0.39, 0.29) is 5.41 Å². The number of hydrogen-bond donors (Lipinski definition) is 0. The molecule has 0 unspecified atom stereocenters. The first-order valence-electron chi connectivity index (χ1n) is 10.8. The van der Waals surface area contributed by atoms with Gasteiger partial charge in [0.15, 0.2) is 0 Å². The largest absolute Gasteiger partial charge is 0.255 e. The molecule has 6 rings (SSSR count). The van der Waals surface area contributed by atoms with Gasteiger partial charge in [-0.2, -0.15) is 0 Å². The number of pyridine rings is 1. The second kappa shape index (κ2) is 6.24. The lowest BCUT2D eigenvalue weighted by atomic mass is 9.84. The molecule has 3 heterocycles. The molecule has 152 valence electrons. The van der Waals surface area contributed by atoms with E-state index in [0.717, 1.165) is 11.4 Å². The Morgan fingerprint density at radius 1 is 0.839 bits per heavy atom. The maximum absolute atomic E-state index is 5.10. The van der Waals surface area contributed by atoms with E-state index in [4.69, 9.17) is 9.98 Å². The third-order valence-electron chi connectivity index (χ3n) is 6.17. The molecule has 0 spiro atoms. The third-order valence-corrected chi connectivity index (χ3v) is 7.42. The third kappa shape index (κ3) is 2.69. The molecule has 1 aliphatic heterocycles. The van der Waals surface area contributed by atoms with Gasteiger partial charge in [0.2, 0.25) is 0 Å². The van der Waals surface area contributed by atoms with E-state index in [0.29, 0.717) is 0 Å². The smallest absolute Gasteiger partial charge is 0.0880 e. The van der Waals surface area contributed by atoms with Crippen molar-refractivity contribution >= 4 is 53.7 Å². The van der Waals surface area contributed by atoms with Gasteiger partial charge in [-0.05, 0) is 49.6 Å². The minimum absolute atomic E-state index is 0.0227. The summed E-state index contributed by atoms with van der Waals surface area (Å²) in [6, 6.07) is 17.7. The first kappa shape index (κ1) is 18.7. The van der Waals surface area contributed by atoms with Crippen molar-refractivity contribution in [2.45, 2.75) is 34.6 Å². The van der Waals surface area contributed by atoms with Crippen molar-refractivity contribution in [1.29, 1.82) is 0 Å². The van der Waals surface area contributed by atoms with Gasteiger partial charge < -0.3 is 0 Å². The lowest BCUT2D eigenvalue weighted by Gasteiger charge is -2.20. The number of thiophene rings is 1. The molecule has 0 fully saturated rings. The number of hydrogen-bond acceptors (Lipinski definition) is 3. The summed E-state index contributed by atoms with van der Waals surface area (Å²) in [5.41, 5.74) is 8.40. The van der Waals surface area contributed by atoms with E-state index in [9.17, 15) is 0 Å². The van der Waals surface area contributed by atoms with Crippen LogP contribution >= 0.6 is 11.3 Å². The lowest BCUT2D eigenvalue weighted by Crippen LogP contribution is -2.19. The molecule has 0 saturated carbocycles. The highest BCUT2D eigenvalue weighted by Gasteiger charge is 2.31. The SMILES string of the molecule is Cc1cc(C)cc(-c2nccc3c2sc2c4c5c(cccc5cc23)N=C4C(C)(C)C)c1. The van der Waals surface area contributed by atoms with E-state index >= 15 is 0 Å². The zero-order valence-corrected chi connectivity index (χ0v) is 19.3. The van der Waals surface area contributed by atoms with Crippen LogP contribution in [0.25, 0.3) is 42.2 Å². The highest BCUT2D eigenvalue weighted by Crippen LogP contribution is 2.49. The van der Waals surface area contributed by atoms with Crippen molar-refractivity contribution in [2.24, 2.45) is 10.4 Å². The van der Waals surface area contributed by atoms with Gasteiger partial charge in [-0.1, -0.05) is 50.1 Å². The van der Waals surface area contributed by atoms with Gasteiger partial charge in [-0.15, -0.1) is 11.3 Å². The van der Waals surface area contributed by atoms with Crippen molar-refractivity contribution in [3.63, 3.8) is 0 Å². The summed E-state index contributed by atoms with van der Waals surface area (Å²) >= 11 is 1.87. The standard InChI is InChI=1S/C28H24N2S/c1-15-11-16(2)13-18(12-15)24-26-19(9-10-29-24)20-14-17-7-6-8-21-22(17)23(25(20)31-26)27(30-21)28(3,4)5/h6-14H,1-5H3. The first-order chi connectivity index (χ1) is 14.8. The van der Waals surface area contributed by atoms with E-state index in [2.05, 4.69) is 83.1 Å². The van der Waals surface area contributed by atoms with Crippen molar-refractivity contribution in [3.05, 3.63) is 71.4 Å². The Morgan fingerprint density at radius 2 is 1.61 bits per heavy atom. The molecule has 0 amide bonds. The second-order valence-corrected chi connectivity index (χ2v) is 10.7. The number of benzene rings is 3. The highest BCUT2D eigenvalue weighted by atomic mass is 32.1. The Balaban J connectivity index is 1.76. The molecule has 0 radical (unpaired) electrons. The topological polar surface area (TPSA) is 25.2 Å². The molecule has 2 nitrogen and oxygen atoms in total. The van der Waals surface area contributed by atoms with Gasteiger partial charge in [0, 0.05) is 43.6 Å². The van der Waals surface area contributed by atoms with Gasteiger partial charge in [-0.3, -0.25) is 9.98 Å². The van der Waals surface area contributed by atoms with Crippen LogP contribution in [0.1, 0.15) is 37.5 Å². The number of aliphatic imine (C=N–C) groups is 1. The molecule has 5 aromatic rings. The van der Waals surface area contributed by atoms with Gasteiger partial charge in [-0.25, -0.2) is 0 Å². The Bertz CT molecular complexity index is 1560. The van der Waals surface area contributed by atoms with E-state index < -0.39 is 0 Å². The fourth-order valence-corrected chi connectivity index (χ4v) is 6.29. The summed E-state index contributed by atoms with van der Waals surface area (Å²) in [6.45, 7) is 11.1. The van der Waals surface area contributed by atoms with Crippen molar-refractivity contribution in [2.75, 3.05) is 0 Å². The lowest BCUT2D eigenvalue weighted by molar-refractivity contribution is 0.594. The predicted molar refractivity (Wildman–Crippen MR) is 135 cm³/mol. The van der Waals surface area contributed by atoms with E-state index in [1.807, 2.05) is 17.5 Å². The Labute approximate surface area is 186 Å². The zero-order valence-electron chi connectivity index (χ0n) is 18.5. The summed E-state index contributed by atoms with van der Waals surface area (Å²) < 4.78 is 2.59. The number of aryl methyl sites for hydroxylation is 2. The van der Waals surface area contributed by atoms with Crippen LogP contribution in [-0.4, -0.2) is 10.7 Å². The quantitative estimate of drug-likeness (QED) is 0.267. The Morgan fingerprint density at radius 3 is 2.35 bits per heavy atom. The fourth-order valence-electron chi connectivity index (χ4n) is 4.95. The van der Waals surface area contributed by atoms with Crippen LogP contribution < -0.4 is 0 Å². The molecular formula is C28H24N2S. The summed E-state index contributed by atoms with van der Waals surface area (Å²) in [7, 11) is 0. The summed E-state index contributed by atoms with van der Waals surface area (Å²) in [6.07, 6.45) is 1.96. The van der Waals surface area contributed by atoms with Gasteiger partial charge in [0.05, 0.1) is 21.8 Å². The van der Waals surface area contributed by atoms with Crippen molar-refractivity contribution < 1.29 is 0 Å². The molecule has 0 aliphatic carbocycles. The van der Waals surface area contributed by atoms with Crippen LogP contribution in [0.3, 0.4) is 0 Å². The van der Waals surface area contributed by atoms with Crippen molar-refractivity contribution in [1.82, 2.24) is 4.98 Å². The molecular weight excluding hydrogens is 396 g/mol. The minimum Gasteiger partial charge on any atom is -0.255 e. The molecule has 0 bridgehead atoms. The zero-order chi connectivity index (χ0) is 21.5. The Kier molecular flexibility index (Phi) is 3.77. The predicted octanol–water partition coefficient (Wildman–Crippen LogP) is 8.37. The molecule has 0 N–H and O–H groups in total. The van der Waals surface area contributed by atoms with Gasteiger partial charge in [0.25, 0.3) is 0 Å². The fraction of sp³-hybridized carbons (Fsp3) is 0.214. The molecule has 3 heteroatoms. The maximum Gasteiger partial charge on any atom is 0.0880 e. The molecule has 1 aliphatic rings. The van der Waals surface area contributed by atoms with Crippen molar-refractivity contribution in [3.8, 4) is 11.3 Å². The summed E-state index contributed by atoms with van der Waals surface area (Å²) in [5.74, 6) is 0. The average Bonchev–Trinajstić information content (AvgIpc) is 3.27. The molecule has 0 saturated heterocycles. The van der Waals surface area contributed by atoms with Crippen LogP contribution in [0.5, 0.6) is 0 Å². The van der Waals surface area contributed by atoms with E-state index in [1.165, 1.54) is 58.9 Å². The van der Waals surface area contributed by atoms with Gasteiger partial charge >= 0.3 is 0 Å². The monoisotopic (exact) mass is 420 g/mol. The number of fused-ring (bicyclic) bond motifs is 4. The number of rotatable bonds is 1. The molecule has 31 heavy (non-hydrogen) atoms. The van der Waals surface area contributed by atoms with Crippen LogP contribution in [0, 0.1) is 19.3 Å². The number of aromatic nitrogens is 1. The highest BCUT2D eigenvalue weighted by molar-refractivity contribution is 7.26. The van der Waals surface area contributed by atoms with Gasteiger partial charge in [0.1, 0.15) is 0 Å². The summed E-state index contributed by atoms with van der Waals surface area (Å²) in [5, 5.41) is 5.17. The Hall–Kier alpha value is -3.04. The molecule has 0 atom stereocenters. The second-order valence-electron chi connectivity index (χ2n) is 9.73. The van der Waals surface area contributed by atoms with Crippen LogP contribution in [0.2, 0.25) is 0 Å². The minimum atomic E-state index is -0.0227. The summed E-state index contributed by atoms with van der Waals surface area (Å²) in [4.78, 5) is 9.94. The van der Waals surface area contributed by atoms with Crippen LogP contribution in [0.4, 0.5) is 5.69 Å². The maximum atomic E-state index is 5.10.